The molecule has 1 aromatic carbocycles. The summed E-state index contributed by atoms with van der Waals surface area (Å²) >= 11 is 5.93. The highest BCUT2D eigenvalue weighted by Gasteiger charge is 2.29. The van der Waals surface area contributed by atoms with Gasteiger partial charge in [0.05, 0.1) is 6.04 Å². The number of carbonyl (C=O) groups excluding carboxylic acids is 1. The van der Waals surface area contributed by atoms with E-state index in [9.17, 15) is 4.79 Å². The van der Waals surface area contributed by atoms with Gasteiger partial charge in [0.25, 0.3) is 0 Å². The van der Waals surface area contributed by atoms with Gasteiger partial charge in [0.2, 0.25) is 5.91 Å². The fourth-order valence-corrected chi connectivity index (χ4v) is 2.65. The summed E-state index contributed by atoms with van der Waals surface area (Å²) in [6.07, 6.45) is 4.27. The van der Waals surface area contributed by atoms with Crippen molar-refractivity contribution in [2.75, 3.05) is 0 Å². The Balaban J connectivity index is 2.07. The van der Waals surface area contributed by atoms with Crippen LogP contribution in [0.5, 0.6) is 0 Å². The Hall–Kier alpha value is -1.02. The Bertz CT molecular complexity index is 423. The molecule has 1 aromatic rings. The number of hydrogen-bond acceptors (Lipinski definition) is 1. The lowest BCUT2D eigenvalue weighted by atomic mass is 9.77. The first-order chi connectivity index (χ1) is 9.06. The molecule has 0 aliphatic heterocycles. The van der Waals surface area contributed by atoms with Gasteiger partial charge in [-0.1, -0.05) is 44.0 Å². The maximum atomic E-state index is 12.0. The van der Waals surface area contributed by atoms with E-state index in [-0.39, 0.29) is 11.9 Å². The van der Waals surface area contributed by atoms with Crippen LogP contribution in [0, 0.1) is 11.8 Å². The van der Waals surface area contributed by atoms with Crippen LogP contribution in [0.15, 0.2) is 24.3 Å². The summed E-state index contributed by atoms with van der Waals surface area (Å²) in [5.41, 5.74) is 1.17. The quantitative estimate of drug-likeness (QED) is 0.853. The van der Waals surface area contributed by atoms with Gasteiger partial charge >= 0.3 is 0 Å². The van der Waals surface area contributed by atoms with Gasteiger partial charge < -0.3 is 5.32 Å². The number of amides is 1. The molecule has 19 heavy (non-hydrogen) atoms. The largest absolute Gasteiger partial charge is 0.349 e. The molecule has 1 atom stereocenters. The van der Waals surface area contributed by atoms with Crippen LogP contribution in [0.4, 0.5) is 0 Å². The van der Waals surface area contributed by atoms with Crippen LogP contribution >= 0.6 is 11.6 Å². The van der Waals surface area contributed by atoms with Crippen LogP contribution in [-0.2, 0) is 4.79 Å². The number of rotatable bonds is 5. The van der Waals surface area contributed by atoms with Crippen LogP contribution in [0.3, 0.4) is 0 Å². The second-order valence-corrected chi connectivity index (χ2v) is 6.32. The Kier molecular flexibility index (Phi) is 4.87. The Morgan fingerprint density at radius 1 is 1.32 bits per heavy atom. The summed E-state index contributed by atoms with van der Waals surface area (Å²) in [6, 6.07) is 8.01. The summed E-state index contributed by atoms with van der Waals surface area (Å²) in [4.78, 5) is 12.0. The summed E-state index contributed by atoms with van der Waals surface area (Å²) in [5, 5.41) is 3.94. The van der Waals surface area contributed by atoms with E-state index in [4.69, 9.17) is 11.6 Å². The van der Waals surface area contributed by atoms with E-state index < -0.39 is 0 Å². The fourth-order valence-electron chi connectivity index (χ4n) is 2.52. The van der Waals surface area contributed by atoms with Crippen molar-refractivity contribution < 1.29 is 4.79 Å². The molecular weight excluding hydrogens is 258 g/mol. The highest BCUT2D eigenvalue weighted by Crippen LogP contribution is 2.38. The van der Waals surface area contributed by atoms with Crippen molar-refractivity contribution in [3.8, 4) is 0 Å². The fraction of sp³-hybridized carbons (Fsp3) is 0.562. The molecule has 104 valence electrons. The molecule has 1 unspecified atom stereocenters. The van der Waals surface area contributed by atoms with Crippen LogP contribution in [0.1, 0.15) is 51.1 Å². The molecule has 2 nitrogen and oxygen atoms in total. The lowest BCUT2D eigenvalue weighted by Gasteiger charge is -2.35. The predicted octanol–water partition coefficient (Wildman–Crippen LogP) is 4.34. The van der Waals surface area contributed by atoms with Gasteiger partial charge in [-0.3, -0.25) is 4.79 Å². The van der Waals surface area contributed by atoms with Crippen molar-refractivity contribution in [3.05, 3.63) is 34.9 Å². The van der Waals surface area contributed by atoms with Gasteiger partial charge in [-0.25, -0.2) is 0 Å². The maximum Gasteiger partial charge on any atom is 0.220 e. The molecule has 0 saturated heterocycles. The highest BCUT2D eigenvalue weighted by atomic mass is 35.5. The topological polar surface area (TPSA) is 29.1 Å². The van der Waals surface area contributed by atoms with E-state index in [0.717, 1.165) is 5.02 Å². The lowest BCUT2D eigenvalue weighted by molar-refractivity contribution is -0.123. The van der Waals surface area contributed by atoms with E-state index in [0.29, 0.717) is 18.3 Å². The third-order valence-corrected chi connectivity index (χ3v) is 4.01. The Morgan fingerprint density at radius 3 is 2.42 bits per heavy atom. The zero-order valence-electron chi connectivity index (χ0n) is 11.7. The van der Waals surface area contributed by atoms with Gasteiger partial charge in [0, 0.05) is 11.4 Å². The van der Waals surface area contributed by atoms with Crippen LogP contribution in [-0.4, -0.2) is 5.91 Å². The molecule has 0 heterocycles. The van der Waals surface area contributed by atoms with E-state index in [1.807, 2.05) is 24.3 Å². The molecule has 1 amide bonds. The van der Waals surface area contributed by atoms with Crippen molar-refractivity contribution in [2.45, 2.75) is 45.6 Å². The second-order valence-electron chi connectivity index (χ2n) is 5.89. The maximum absolute atomic E-state index is 12.0. The molecule has 1 fully saturated rings. The first-order valence-corrected chi connectivity index (χ1v) is 7.49. The molecule has 1 N–H and O–H groups in total. The van der Waals surface area contributed by atoms with E-state index in [1.54, 1.807) is 0 Å². The van der Waals surface area contributed by atoms with E-state index in [2.05, 4.69) is 19.2 Å². The van der Waals surface area contributed by atoms with Crippen LogP contribution in [0.25, 0.3) is 0 Å². The molecule has 2 rings (SSSR count). The number of halogens is 1. The molecule has 1 saturated carbocycles. The van der Waals surface area contributed by atoms with Crippen LogP contribution in [0.2, 0.25) is 5.02 Å². The van der Waals surface area contributed by atoms with Gasteiger partial charge in [-0.05, 0) is 42.4 Å². The Morgan fingerprint density at radius 2 is 1.95 bits per heavy atom. The van der Waals surface area contributed by atoms with Crippen molar-refractivity contribution in [2.24, 2.45) is 11.8 Å². The average Bonchev–Trinajstić information content (AvgIpc) is 2.25. The minimum absolute atomic E-state index is 0.150. The molecule has 0 spiro atoms. The number of carbonyl (C=O) groups is 1. The Labute approximate surface area is 120 Å². The first-order valence-electron chi connectivity index (χ1n) is 7.11. The SMILES string of the molecule is CC(C)CC(=O)NC(c1ccc(Cl)cc1)C1CCC1. The third kappa shape index (κ3) is 3.97. The predicted molar refractivity (Wildman–Crippen MR) is 79.1 cm³/mol. The average molecular weight is 280 g/mol. The minimum atomic E-state index is 0.150. The third-order valence-electron chi connectivity index (χ3n) is 3.76. The zero-order chi connectivity index (χ0) is 13.8. The zero-order valence-corrected chi connectivity index (χ0v) is 12.4. The second kappa shape index (κ2) is 6.42. The summed E-state index contributed by atoms with van der Waals surface area (Å²) in [6.45, 7) is 4.14. The number of benzene rings is 1. The molecule has 0 bridgehead atoms. The minimum Gasteiger partial charge on any atom is -0.349 e. The molecule has 1 aliphatic carbocycles. The van der Waals surface area contributed by atoms with E-state index in [1.165, 1.54) is 24.8 Å². The van der Waals surface area contributed by atoms with Crippen molar-refractivity contribution in [1.82, 2.24) is 5.32 Å². The van der Waals surface area contributed by atoms with E-state index >= 15 is 0 Å². The summed E-state index contributed by atoms with van der Waals surface area (Å²) in [5.74, 6) is 1.13. The molecule has 0 aromatic heterocycles. The number of nitrogens with one attached hydrogen (secondary N) is 1. The van der Waals surface area contributed by atoms with Gasteiger partial charge in [-0.15, -0.1) is 0 Å². The van der Waals surface area contributed by atoms with Crippen molar-refractivity contribution in [1.29, 1.82) is 0 Å². The molecule has 0 radical (unpaired) electrons. The van der Waals surface area contributed by atoms with Crippen molar-refractivity contribution >= 4 is 17.5 Å². The molecular formula is C16H22ClNO. The van der Waals surface area contributed by atoms with Crippen molar-refractivity contribution in [3.63, 3.8) is 0 Å². The molecule has 1 aliphatic rings. The smallest absolute Gasteiger partial charge is 0.220 e. The highest BCUT2D eigenvalue weighted by molar-refractivity contribution is 6.30. The molecule has 3 heteroatoms. The standard InChI is InChI=1S/C16H22ClNO/c1-11(2)10-15(19)18-16(12-4-3-5-12)13-6-8-14(17)9-7-13/h6-9,11-12,16H,3-5,10H2,1-2H3,(H,18,19). The normalized spacial score (nSPS) is 17.1. The lowest BCUT2D eigenvalue weighted by Crippen LogP contribution is -2.36. The van der Waals surface area contributed by atoms with Gasteiger partial charge in [-0.2, -0.15) is 0 Å². The summed E-state index contributed by atoms with van der Waals surface area (Å²) in [7, 11) is 0. The summed E-state index contributed by atoms with van der Waals surface area (Å²) < 4.78 is 0. The first kappa shape index (κ1) is 14.4. The van der Waals surface area contributed by atoms with Gasteiger partial charge in [0.15, 0.2) is 0 Å². The van der Waals surface area contributed by atoms with Gasteiger partial charge in [0.1, 0.15) is 0 Å². The van der Waals surface area contributed by atoms with Crippen LogP contribution < -0.4 is 5.32 Å². The number of hydrogen-bond donors (Lipinski definition) is 1. The monoisotopic (exact) mass is 279 g/mol.